The van der Waals surface area contributed by atoms with Crippen molar-refractivity contribution in [1.29, 1.82) is 0 Å². The number of aryl methyl sites for hydroxylation is 1. The van der Waals surface area contributed by atoms with Crippen molar-refractivity contribution >= 4 is 29.3 Å². The summed E-state index contributed by atoms with van der Waals surface area (Å²) in [6.07, 6.45) is 2.10. The third-order valence-corrected chi connectivity index (χ3v) is 5.37. The molecular formula is C20H23N5O4S. The van der Waals surface area contributed by atoms with Crippen LogP contribution in [0.2, 0.25) is 0 Å². The number of thioether (sulfide) groups is 1. The molecule has 0 spiro atoms. The fourth-order valence-electron chi connectivity index (χ4n) is 2.67. The summed E-state index contributed by atoms with van der Waals surface area (Å²) >= 11 is 1.28. The molecule has 1 atom stereocenters. The number of furan rings is 1. The van der Waals surface area contributed by atoms with Crippen LogP contribution >= 0.6 is 11.8 Å². The van der Waals surface area contributed by atoms with Gasteiger partial charge in [0, 0.05) is 18.5 Å². The molecule has 30 heavy (non-hydrogen) atoms. The van der Waals surface area contributed by atoms with E-state index in [9.17, 15) is 9.59 Å². The average molecular weight is 430 g/mol. The van der Waals surface area contributed by atoms with E-state index in [4.69, 9.17) is 14.9 Å². The van der Waals surface area contributed by atoms with Gasteiger partial charge in [-0.05, 0) is 43.3 Å². The molecule has 1 unspecified atom stereocenters. The van der Waals surface area contributed by atoms with Gasteiger partial charge in [0.2, 0.25) is 11.8 Å². The highest BCUT2D eigenvalue weighted by Crippen LogP contribution is 2.25. The number of primary amides is 1. The smallest absolute Gasteiger partial charge is 0.237 e. The molecule has 0 fully saturated rings. The van der Waals surface area contributed by atoms with Gasteiger partial charge in [0.1, 0.15) is 17.3 Å². The number of amides is 2. The van der Waals surface area contributed by atoms with Crippen LogP contribution in [0.5, 0.6) is 5.75 Å². The van der Waals surface area contributed by atoms with Crippen LogP contribution in [0, 0.1) is 0 Å². The molecule has 3 rings (SSSR count). The number of nitrogens with zero attached hydrogens (tertiary/aromatic N) is 3. The minimum absolute atomic E-state index is 0.161. The van der Waals surface area contributed by atoms with Crippen LogP contribution in [0.3, 0.4) is 0 Å². The van der Waals surface area contributed by atoms with E-state index in [-0.39, 0.29) is 12.3 Å². The Balaban J connectivity index is 1.71. The van der Waals surface area contributed by atoms with Gasteiger partial charge < -0.3 is 20.2 Å². The summed E-state index contributed by atoms with van der Waals surface area (Å²) in [7, 11) is 1.59. The van der Waals surface area contributed by atoms with Crippen LogP contribution in [0.4, 0.5) is 5.69 Å². The Labute approximate surface area is 178 Å². The third kappa shape index (κ3) is 5.63. The van der Waals surface area contributed by atoms with Gasteiger partial charge in [-0.3, -0.25) is 14.2 Å². The standard InChI is InChI=1S/C20H23N5O4S/c1-13(19(27)22-14-5-7-15(28-2)8-6-14)30-20-24-23-18(10-9-17(21)26)25(20)12-16-4-3-11-29-16/h3-8,11,13H,9-10,12H2,1-2H3,(H2,21,26)(H,22,27). The zero-order valence-corrected chi connectivity index (χ0v) is 17.5. The number of anilines is 1. The molecule has 10 heteroatoms. The first-order valence-electron chi connectivity index (χ1n) is 9.30. The predicted octanol–water partition coefficient (Wildman–Crippen LogP) is 2.47. The van der Waals surface area contributed by atoms with Crippen LogP contribution in [-0.4, -0.2) is 38.9 Å². The van der Waals surface area contributed by atoms with E-state index in [0.29, 0.717) is 41.1 Å². The van der Waals surface area contributed by atoms with Crippen molar-refractivity contribution in [2.45, 2.75) is 36.7 Å². The van der Waals surface area contributed by atoms with E-state index >= 15 is 0 Å². The van der Waals surface area contributed by atoms with Gasteiger partial charge in [-0.25, -0.2) is 0 Å². The number of carbonyl (C=O) groups is 2. The van der Waals surface area contributed by atoms with E-state index in [1.807, 2.05) is 10.6 Å². The highest BCUT2D eigenvalue weighted by molar-refractivity contribution is 8.00. The molecule has 3 N–H and O–H groups in total. The number of methoxy groups -OCH3 is 1. The van der Waals surface area contributed by atoms with E-state index in [1.54, 1.807) is 50.6 Å². The van der Waals surface area contributed by atoms with Crippen molar-refractivity contribution in [1.82, 2.24) is 14.8 Å². The normalized spacial score (nSPS) is 11.8. The molecule has 2 aromatic heterocycles. The molecule has 0 radical (unpaired) electrons. The molecular weight excluding hydrogens is 406 g/mol. The summed E-state index contributed by atoms with van der Waals surface area (Å²) in [5, 5.41) is 11.4. The number of aromatic nitrogens is 3. The second kappa shape index (κ2) is 9.97. The van der Waals surface area contributed by atoms with Crippen molar-refractivity contribution in [2.24, 2.45) is 5.73 Å². The molecule has 0 aliphatic carbocycles. The largest absolute Gasteiger partial charge is 0.497 e. The lowest BCUT2D eigenvalue weighted by Crippen LogP contribution is -2.23. The molecule has 0 saturated heterocycles. The summed E-state index contributed by atoms with van der Waals surface area (Å²) in [6, 6.07) is 10.7. The molecule has 3 aromatic rings. The molecule has 0 aliphatic rings. The molecule has 2 amide bonds. The number of hydrogen-bond donors (Lipinski definition) is 2. The quantitative estimate of drug-likeness (QED) is 0.474. The molecule has 0 aliphatic heterocycles. The number of benzene rings is 1. The lowest BCUT2D eigenvalue weighted by Gasteiger charge is -2.13. The minimum atomic E-state index is -0.435. The molecule has 9 nitrogen and oxygen atoms in total. The Kier molecular flexibility index (Phi) is 7.12. The van der Waals surface area contributed by atoms with E-state index in [1.165, 1.54) is 11.8 Å². The summed E-state index contributed by atoms with van der Waals surface area (Å²) in [6.45, 7) is 2.18. The lowest BCUT2D eigenvalue weighted by molar-refractivity contribution is -0.118. The van der Waals surface area contributed by atoms with Gasteiger partial charge in [0.05, 0.1) is 25.2 Å². The first-order chi connectivity index (χ1) is 14.5. The van der Waals surface area contributed by atoms with Crippen molar-refractivity contribution in [3.8, 4) is 5.75 Å². The Morgan fingerprint density at radius 3 is 2.67 bits per heavy atom. The van der Waals surface area contributed by atoms with Crippen molar-refractivity contribution < 1.29 is 18.7 Å². The zero-order chi connectivity index (χ0) is 21.5. The van der Waals surface area contributed by atoms with Crippen LogP contribution < -0.4 is 15.8 Å². The number of rotatable bonds is 10. The zero-order valence-electron chi connectivity index (χ0n) is 16.7. The van der Waals surface area contributed by atoms with Crippen molar-refractivity contribution in [3.05, 3.63) is 54.2 Å². The maximum absolute atomic E-state index is 12.6. The van der Waals surface area contributed by atoms with E-state index in [0.717, 1.165) is 0 Å². The number of nitrogens with two attached hydrogens (primary N) is 1. The Hall–Kier alpha value is -3.27. The first-order valence-corrected chi connectivity index (χ1v) is 10.2. The highest BCUT2D eigenvalue weighted by atomic mass is 32.2. The second-order valence-electron chi connectivity index (χ2n) is 6.51. The first kappa shape index (κ1) is 21.4. The maximum Gasteiger partial charge on any atom is 0.237 e. The van der Waals surface area contributed by atoms with Crippen molar-refractivity contribution in [2.75, 3.05) is 12.4 Å². The molecule has 158 valence electrons. The number of nitrogens with one attached hydrogen (secondary N) is 1. The van der Waals surface area contributed by atoms with Gasteiger partial charge in [-0.15, -0.1) is 10.2 Å². The molecule has 0 saturated carbocycles. The maximum atomic E-state index is 12.6. The second-order valence-corrected chi connectivity index (χ2v) is 7.82. The number of ether oxygens (including phenoxy) is 1. The van der Waals surface area contributed by atoms with E-state index in [2.05, 4.69) is 15.5 Å². The topological polar surface area (TPSA) is 125 Å². The van der Waals surface area contributed by atoms with Gasteiger partial charge in [-0.2, -0.15) is 0 Å². The Bertz CT molecular complexity index is 985. The van der Waals surface area contributed by atoms with Gasteiger partial charge in [0.25, 0.3) is 0 Å². The summed E-state index contributed by atoms with van der Waals surface area (Å²) in [4.78, 5) is 23.8. The fourth-order valence-corrected chi connectivity index (χ4v) is 3.54. The average Bonchev–Trinajstić information content (AvgIpc) is 3.38. The minimum Gasteiger partial charge on any atom is -0.497 e. The van der Waals surface area contributed by atoms with E-state index < -0.39 is 11.2 Å². The fraction of sp³-hybridized carbons (Fsp3) is 0.300. The van der Waals surface area contributed by atoms with Crippen LogP contribution in [0.25, 0.3) is 0 Å². The Morgan fingerprint density at radius 2 is 2.03 bits per heavy atom. The van der Waals surface area contributed by atoms with Crippen molar-refractivity contribution in [3.63, 3.8) is 0 Å². The lowest BCUT2D eigenvalue weighted by atomic mass is 10.3. The Morgan fingerprint density at radius 1 is 1.27 bits per heavy atom. The SMILES string of the molecule is COc1ccc(NC(=O)C(C)Sc2nnc(CCC(N)=O)n2Cc2ccco2)cc1. The van der Waals surface area contributed by atoms with Gasteiger partial charge >= 0.3 is 0 Å². The number of carbonyl (C=O) groups excluding carboxylic acids is 2. The summed E-state index contributed by atoms with van der Waals surface area (Å²) in [5.74, 6) is 1.45. The monoisotopic (exact) mass is 429 g/mol. The molecule has 0 bridgehead atoms. The third-order valence-electron chi connectivity index (χ3n) is 4.29. The molecule has 1 aromatic carbocycles. The van der Waals surface area contributed by atoms with Gasteiger partial charge in [-0.1, -0.05) is 11.8 Å². The van der Waals surface area contributed by atoms with Crippen LogP contribution in [0.1, 0.15) is 24.9 Å². The van der Waals surface area contributed by atoms with Gasteiger partial charge in [0.15, 0.2) is 5.16 Å². The summed E-state index contributed by atoms with van der Waals surface area (Å²) in [5.41, 5.74) is 5.94. The molecule has 2 heterocycles. The highest BCUT2D eigenvalue weighted by Gasteiger charge is 2.21. The number of hydrogen-bond acceptors (Lipinski definition) is 7. The van der Waals surface area contributed by atoms with Crippen LogP contribution in [-0.2, 0) is 22.6 Å². The summed E-state index contributed by atoms with van der Waals surface area (Å²) < 4.78 is 12.4. The van der Waals surface area contributed by atoms with Crippen LogP contribution in [0.15, 0.2) is 52.2 Å². The predicted molar refractivity (Wildman–Crippen MR) is 112 cm³/mol.